The van der Waals surface area contributed by atoms with Gasteiger partial charge >= 0.3 is 0 Å². The molecule has 164 valence electrons. The number of benzene rings is 2. The summed E-state index contributed by atoms with van der Waals surface area (Å²) in [6.45, 7) is 2.81. The summed E-state index contributed by atoms with van der Waals surface area (Å²) >= 11 is 12.5. The van der Waals surface area contributed by atoms with Gasteiger partial charge in [0.1, 0.15) is 0 Å². The molecule has 0 spiro atoms. The van der Waals surface area contributed by atoms with Gasteiger partial charge in [-0.15, -0.1) is 11.3 Å². The standard InChI is InChI=1S/C23H21ClN4O2S2/c24-17-5-3-16(4-6-17)22(30)28-13-11-27(12-14-28)19-9-7-18(8-10-19)25-23(31)26-21(29)20-2-1-15-32-20/h1-10,15H,11-14H2,(H2,25,26,29,31). The molecule has 4 rings (SSSR count). The second-order valence-corrected chi connectivity index (χ2v) is 9.01. The third-order valence-electron chi connectivity index (χ3n) is 5.12. The average Bonchev–Trinajstić information content (AvgIpc) is 3.35. The first-order chi connectivity index (χ1) is 15.5. The van der Waals surface area contributed by atoms with Gasteiger partial charge < -0.3 is 15.1 Å². The molecule has 0 unspecified atom stereocenters. The first-order valence-electron chi connectivity index (χ1n) is 10.1. The number of piperazine rings is 1. The quantitative estimate of drug-likeness (QED) is 0.534. The van der Waals surface area contributed by atoms with Crippen molar-refractivity contribution in [1.82, 2.24) is 10.2 Å². The van der Waals surface area contributed by atoms with Crippen LogP contribution in [0.2, 0.25) is 5.02 Å². The first kappa shape index (κ1) is 22.3. The van der Waals surface area contributed by atoms with E-state index in [1.165, 1.54) is 11.3 Å². The van der Waals surface area contributed by atoms with Crippen LogP contribution < -0.4 is 15.5 Å². The molecule has 2 heterocycles. The van der Waals surface area contributed by atoms with Crippen LogP contribution in [-0.4, -0.2) is 48.0 Å². The highest BCUT2D eigenvalue weighted by Gasteiger charge is 2.22. The number of amides is 2. The fourth-order valence-corrected chi connectivity index (χ4v) is 4.39. The van der Waals surface area contributed by atoms with Crippen molar-refractivity contribution in [3.63, 3.8) is 0 Å². The van der Waals surface area contributed by atoms with E-state index in [9.17, 15) is 9.59 Å². The van der Waals surface area contributed by atoms with Crippen molar-refractivity contribution >= 4 is 63.5 Å². The van der Waals surface area contributed by atoms with Gasteiger partial charge in [0.05, 0.1) is 4.88 Å². The molecule has 3 aromatic rings. The van der Waals surface area contributed by atoms with E-state index >= 15 is 0 Å². The Bertz CT molecular complexity index is 1090. The maximum absolute atomic E-state index is 12.7. The van der Waals surface area contributed by atoms with Crippen LogP contribution in [0.1, 0.15) is 20.0 Å². The van der Waals surface area contributed by atoms with E-state index in [2.05, 4.69) is 15.5 Å². The van der Waals surface area contributed by atoms with Crippen molar-refractivity contribution in [3.8, 4) is 0 Å². The Morgan fingerprint density at radius 1 is 0.938 bits per heavy atom. The fourth-order valence-electron chi connectivity index (χ4n) is 3.43. The van der Waals surface area contributed by atoms with Gasteiger partial charge in [-0.1, -0.05) is 17.7 Å². The van der Waals surface area contributed by atoms with Crippen molar-refractivity contribution < 1.29 is 9.59 Å². The summed E-state index contributed by atoms with van der Waals surface area (Å²) in [6, 6.07) is 18.4. The highest BCUT2D eigenvalue weighted by atomic mass is 35.5. The maximum Gasteiger partial charge on any atom is 0.267 e. The lowest BCUT2D eigenvalue weighted by Gasteiger charge is -2.36. The summed E-state index contributed by atoms with van der Waals surface area (Å²) in [7, 11) is 0. The molecule has 6 nitrogen and oxygen atoms in total. The van der Waals surface area contributed by atoms with E-state index < -0.39 is 0 Å². The second-order valence-electron chi connectivity index (χ2n) is 7.22. The number of hydrogen-bond donors (Lipinski definition) is 2. The summed E-state index contributed by atoms with van der Waals surface area (Å²) < 4.78 is 0. The minimum absolute atomic E-state index is 0.0268. The van der Waals surface area contributed by atoms with Crippen molar-refractivity contribution in [2.75, 3.05) is 36.4 Å². The third kappa shape index (κ3) is 5.45. The van der Waals surface area contributed by atoms with Crippen LogP contribution in [-0.2, 0) is 0 Å². The Kier molecular flexibility index (Phi) is 7.04. The molecule has 2 N–H and O–H groups in total. The Labute approximate surface area is 200 Å². The van der Waals surface area contributed by atoms with E-state index in [0.29, 0.717) is 28.6 Å². The Morgan fingerprint density at radius 3 is 2.25 bits per heavy atom. The number of rotatable bonds is 4. The molecule has 2 aromatic carbocycles. The molecule has 0 bridgehead atoms. The summed E-state index contributed by atoms with van der Waals surface area (Å²) in [4.78, 5) is 29.5. The van der Waals surface area contributed by atoms with Gasteiger partial charge in [-0.3, -0.25) is 14.9 Å². The topological polar surface area (TPSA) is 64.7 Å². The number of nitrogens with zero attached hydrogens (tertiary/aromatic N) is 2. The van der Waals surface area contributed by atoms with Gasteiger partial charge in [0.25, 0.3) is 11.8 Å². The minimum Gasteiger partial charge on any atom is -0.368 e. The zero-order valence-corrected chi connectivity index (χ0v) is 19.5. The largest absolute Gasteiger partial charge is 0.368 e. The van der Waals surface area contributed by atoms with Gasteiger partial charge in [-0.05, 0) is 72.2 Å². The Hall–Kier alpha value is -2.94. The lowest BCUT2D eigenvalue weighted by molar-refractivity contribution is 0.0746. The number of halogens is 1. The number of nitrogens with one attached hydrogen (secondary N) is 2. The SMILES string of the molecule is O=C(NC(=S)Nc1ccc(N2CCN(C(=O)c3ccc(Cl)cc3)CC2)cc1)c1cccs1. The van der Waals surface area contributed by atoms with Gasteiger partial charge in [-0.25, -0.2) is 0 Å². The van der Waals surface area contributed by atoms with Gasteiger partial charge in [0, 0.05) is 48.1 Å². The van der Waals surface area contributed by atoms with Crippen molar-refractivity contribution in [2.24, 2.45) is 0 Å². The van der Waals surface area contributed by atoms with Crippen LogP contribution in [0.3, 0.4) is 0 Å². The molecule has 1 saturated heterocycles. The molecule has 0 aliphatic carbocycles. The average molecular weight is 485 g/mol. The summed E-state index contributed by atoms with van der Waals surface area (Å²) in [5.41, 5.74) is 2.52. The van der Waals surface area contributed by atoms with Crippen LogP contribution in [0.25, 0.3) is 0 Å². The molecular formula is C23H21ClN4O2S2. The summed E-state index contributed by atoms with van der Waals surface area (Å²) in [5.74, 6) is -0.195. The summed E-state index contributed by atoms with van der Waals surface area (Å²) in [6.07, 6.45) is 0. The van der Waals surface area contributed by atoms with Crippen molar-refractivity contribution in [1.29, 1.82) is 0 Å². The molecule has 1 aliphatic rings. The molecule has 0 radical (unpaired) electrons. The van der Waals surface area contributed by atoms with E-state index in [1.807, 2.05) is 40.6 Å². The Balaban J connectivity index is 1.28. The normalized spacial score (nSPS) is 13.5. The monoisotopic (exact) mass is 484 g/mol. The van der Waals surface area contributed by atoms with Gasteiger partial charge in [0.2, 0.25) is 0 Å². The Morgan fingerprint density at radius 2 is 1.62 bits per heavy atom. The zero-order chi connectivity index (χ0) is 22.5. The lowest BCUT2D eigenvalue weighted by Crippen LogP contribution is -2.48. The second kappa shape index (κ2) is 10.1. The highest BCUT2D eigenvalue weighted by molar-refractivity contribution is 7.80. The smallest absolute Gasteiger partial charge is 0.267 e. The maximum atomic E-state index is 12.7. The first-order valence-corrected chi connectivity index (χ1v) is 11.7. The number of anilines is 2. The molecule has 0 atom stereocenters. The number of thiophene rings is 1. The van der Waals surface area contributed by atoms with E-state index in [-0.39, 0.29) is 16.9 Å². The van der Waals surface area contributed by atoms with Crippen molar-refractivity contribution in [3.05, 3.63) is 81.5 Å². The minimum atomic E-state index is -0.222. The lowest BCUT2D eigenvalue weighted by atomic mass is 10.1. The number of carbonyl (C=O) groups is 2. The van der Waals surface area contributed by atoms with Gasteiger partial charge in [-0.2, -0.15) is 0 Å². The van der Waals surface area contributed by atoms with E-state index in [1.54, 1.807) is 30.3 Å². The molecule has 0 saturated carbocycles. The van der Waals surface area contributed by atoms with Crippen LogP contribution in [0.15, 0.2) is 66.0 Å². The molecule has 32 heavy (non-hydrogen) atoms. The van der Waals surface area contributed by atoms with E-state index in [4.69, 9.17) is 23.8 Å². The molecule has 1 fully saturated rings. The zero-order valence-electron chi connectivity index (χ0n) is 17.1. The predicted molar refractivity (Wildman–Crippen MR) is 134 cm³/mol. The number of carbonyl (C=O) groups excluding carboxylic acids is 2. The van der Waals surface area contributed by atoms with E-state index in [0.717, 1.165) is 24.5 Å². The van der Waals surface area contributed by atoms with Crippen LogP contribution in [0.5, 0.6) is 0 Å². The molecule has 1 aromatic heterocycles. The molecule has 1 aliphatic heterocycles. The molecular weight excluding hydrogens is 464 g/mol. The predicted octanol–water partition coefficient (Wildman–Crippen LogP) is 4.49. The van der Waals surface area contributed by atoms with Crippen LogP contribution >= 0.6 is 35.2 Å². The van der Waals surface area contributed by atoms with Gasteiger partial charge in [0.15, 0.2) is 5.11 Å². The molecule has 9 heteroatoms. The third-order valence-corrected chi connectivity index (χ3v) is 6.45. The van der Waals surface area contributed by atoms with Crippen LogP contribution in [0.4, 0.5) is 11.4 Å². The number of hydrogen-bond acceptors (Lipinski definition) is 5. The van der Waals surface area contributed by atoms with Crippen molar-refractivity contribution in [2.45, 2.75) is 0 Å². The number of thiocarbonyl (C=S) groups is 1. The fraction of sp³-hybridized carbons (Fsp3) is 0.174. The van der Waals surface area contributed by atoms with Crippen LogP contribution in [0, 0.1) is 0 Å². The summed E-state index contributed by atoms with van der Waals surface area (Å²) in [5, 5.41) is 8.43. The highest BCUT2D eigenvalue weighted by Crippen LogP contribution is 2.21. The molecule has 2 amide bonds.